The summed E-state index contributed by atoms with van der Waals surface area (Å²) in [4.78, 5) is 54.0. The summed E-state index contributed by atoms with van der Waals surface area (Å²) in [6.45, 7) is 1.63. The van der Waals surface area contributed by atoms with E-state index in [0.717, 1.165) is 16.3 Å². The van der Waals surface area contributed by atoms with Crippen molar-refractivity contribution in [3.63, 3.8) is 0 Å². The van der Waals surface area contributed by atoms with E-state index in [1.807, 2.05) is 0 Å². The van der Waals surface area contributed by atoms with E-state index in [-0.39, 0.29) is 41.0 Å². The maximum Gasteiger partial charge on any atom is 0.332 e. The normalized spacial score (nSPS) is 11.1. The van der Waals surface area contributed by atoms with Gasteiger partial charge in [-0.1, -0.05) is 36.0 Å². The molecule has 0 atom stereocenters. The number of nitrogens with one attached hydrogen (secondary N) is 1. The second kappa shape index (κ2) is 9.71. The molecular weight excluding hydrogens is 473 g/mol. The lowest BCUT2D eigenvalue weighted by molar-refractivity contribution is -0.113. The molecule has 35 heavy (non-hydrogen) atoms. The van der Waals surface area contributed by atoms with Crippen LogP contribution in [0, 0.1) is 5.82 Å². The Morgan fingerprint density at radius 2 is 1.77 bits per heavy atom. The minimum atomic E-state index is -0.520. The van der Waals surface area contributed by atoms with Gasteiger partial charge in [0.15, 0.2) is 22.1 Å². The summed E-state index contributed by atoms with van der Waals surface area (Å²) < 4.78 is 17.3. The first-order chi connectivity index (χ1) is 16.7. The number of amides is 1. The molecule has 0 saturated heterocycles. The number of benzene rings is 2. The summed E-state index contributed by atoms with van der Waals surface area (Å²) in [6, 6.07) is 12.4. The van der Waals surface area contributed by atoms with Gasteiger partial charge in [-0.2, -0.15) is 0 Å². The van der Waals surface area contributed by atoms with Gasteiger partial charge < -0.3 is 9.88 Å². The Bertz CT molecular complexity index is 1570. The Morgan fingerprint density at radius 1 is 1.06 bits per heavy atom. The molecule has 1 N–H and O–H groups in total. The molecule has 0 saturated carbocycles. The van der Waals surface area contributed by atoms with E-state index in [1.165, 1.54) is 37.7 Å². The Kier molecular flexibility index (Phi) is 6.70. The number of aryl methyl sites for hydroxylation is 1. The van der Waals surface area contributed by atoms with Crippen molar-refractivity contribution in [3.8, 4) is 0 Å². The fourth-order valence-electron chi connectivity index (χ4n) is 3.60. The lowest BCUT2D eigenvalue weighted by Crippen LogP contribution is -2.37. The van der Waals surface area contributed by atoms with Gasteiger partial charge >= 0.3 is 5.69 Å². The van der Waals surface area contributed by atoms with Crippen molar-refractivity contribution >= 4 is 40.3 Å². The molecule has 0 aliphatic rings. The van der Waals surface area contributed by atoms with E-state index >= 15 is 0 Å². The third-order valence-corrected chi connectivity index (χ3v) is 6.43. The van der Waals surface area contributed by atoms with Crippen LogP contribution in [0.25, 0.3) is 11.2 Å². The fourth-order valence-corrected chi connectivity index (χ4v) is 4.39. The van der Waals surface area contributed by atoms with Crippen LogP contribution in [-0.2, 0) is 25.4 Å². The number of thioether (sulfide) groups is 1. The van der Waals surface area contributed by atoms with Crippen LogP contribution < -0.4 is 16.6 Å². The number of ketones is 1. The van der Waals surface area contributed by atoms with Crippen molar-refractivity contribution in [1.82, 2.24) is 18.7 Å². The van der Waals surface area contributed by atoms with Gasteiger partial charge in [-0.15, -0.1) is 0 Å². The number of fused-ring (bicyclic) bond motifs is 1. The molecule has 11 heteroatoms. The van der Waals surface area contributed by atoms with E-state index in [1.54, 1.807) is 41.0 Å². The number of imidazole rings is 1. The zero-order chi connectivity index (χ0) is 25.3. The molecule has 2 aromatic carbocycles. The van der Waals surface area contributed by atoms with Crippen molar-refractivity contribution in [3.05, 3.63) is 86.3 Å². The fraction of sp³-hybridized carbons (Fsp3) is 0.208. The first-order valence-corrected chi connectivity index (χ1v) is 11.6. The lowest BCUT2D eigenvalue weighted by atomic mass is 10.1. The number of carbonyl (C=O) groups excluding carboxylic acids is 2. The molecular formula is C24H22FN5O4S. The number of carbonyl (C=O) groups is 2. The van der Waals surface area contributed by atoms with Gasteiger partial charge in [-0.25, -0.2) is 14.2 Å². The summed E-state index contributed by atoms with van der Waals surface area (Å²) >= 11 is 1.10. The highest BCUT2D eigenvalue weighted by Crippen LogP contribution is 2.23. The highest BCUT2D eigenvalue weighted by atomic mass is 32.2. The van der Waals surface area contributed by atoms with Crippen LogP contribution in [0.3, 0.4) is 0 Å². The average Bonchev–Trinajstić information content (AvgIpc) is 3.20. The number of rotatable bonds is 7. The molecule has 2 aromatic heterocycles. The highest BCUT2D eigenvalue weighted by molar-refractivity contribution is 7.99. The molecule has 2 heterocycles. The zero-order valence-electron chi connectivity index (χ0n) is 19.2. The Balaban J connectivity index is 1.67. The van der Waals surface area contributed by atoms with Crippen LogP contribution in [-0.4, -0.2) is 36.1 Å². The maximum absolute atomic E-state index is 13.4. The summed E-state index contributed by atoms with van der Waals surface area (Å²) in [5.41, 5.74) is 1.04. The number of nitrogens with zero attached hydrogens (tertiary/aromatic N) is 4. The van der Waals surface area contributed by atoms with Crippen molar-refractivity contribution in [2.75, 3.05) is 11.1 Å². The van der Waals surface area contributed by atoms with Gasteiger partial charge in [-0.05, 0) is 36.8 Å². The van der Waals surface area contributed by atoms with Crippen LogP contribution in [0.1, 0.15) is 22.8 Å². The number of hydrogen-bond acceptors (Lipinski definition) is 6. The largest absolute Gasteiger partial charge is 0.332 e. The second-order valence-electron chi connectivity index (χ2n) is 7.96. The smallest absolute Gasteiger partial charge is 0.325 e. The highest BCUT2D eigenvalue weighted by Gasteiger charge is 2.20. The van der Waals surface area contributed by atoms with Crippen LogP contribution >= 0.6 is 11.8 Å². The molecule has 9 nitrogen and oxygen atoms in total. The molecule has 4 rings (SSSR count). The molecule has 4 aromatic rings. The Hall–Kier alpha value is -3.99. The maximum atomic E-state index is 13.4. The lowest BCUT2D eigenvalue weighted by Gasteiger charge is -2.10. The molecule has 0 unspecified atom stereocenters. The first kappa shape index (κ1) is 24.1. The second-order valence-corrected chi connectivity index (χ2v) is 8.90. The molecule has 180 valence electrons. The summed E-state index contributed by atoms with van der Waals surface area (Å²) in [7, 11) is 2.90. The van der Waals surface area contributed by atoms with Crippen LogP contribution in [0.5, 0.6) is 0 Å². The Labute approximate surface area is 203 Å². The van der Waals surface area contributed by atoms with Gasteiger partial charge in [0.05, 0.1) is 12.3 Å². The molecule has 0 bridgehead atoms. The number of aromatic nitrogens is 4. The van der Waals surface area contributed by atoms with E-state index in [2.05, 4.69) is 10.3 Å². The number of anilines is 1. The number of halogens is 1. The third kappa shape index (κ3) is 4.94. The third-order valence-electron chi connectivity index (χ3n) is 5.45. The van der Waals surface area contributed by atoms with E-state index in [4.69, 9.17) is 0 Å². The van der Waals surface area contributed by atoms with Crippen LogP contribution in [0.15, 0.2) is 63.3 Å². The average molecular weight is 496 g/mol. The summed E-state index contributed by atoms with van der Waals surface area (Å²) in [6.07, 6.45) is 0. The quantitative estimate of drug-likeness (QED) is 0.312. The van der Waals surface area contributed by atoms with Gasteiger partial charge in [0.25, 0.3) is 5.56 Å². The zero-order valence-corrected chi connectivity index (χ0v) is 20.1. The number of hydrogen-bond donors (Lipinski definition) is 1. The van der Waals surface area contributed by atoms with Crippen molar-refractivity contribution in [1.29, 1.82) is 0 Å². The van der Waals surface area contributed by atoms with Crippen LogP contribution in [0.2, 0.25) is 0 Å². The Morgan fingerprint density at radius 3 is 2.46 bits per heavy atom. The molecule has 0 spiro atoms. The van der Waals surface area contributed by atoms with Gasteiger partial charge in [0.2, 0.25) is 5.91 Å². The predicted octanol–water partition coefficient (Wildman–Crippen LogP) is 2.55. The van der Waals surface area contributed by atoms with Crippen molar-refractivity contribution in [2.45, 2.75) is 18.6 Å². The molecule has 0 fully saturated rings. The minimum absolute atomic E-state index is 0.0364. The van der Waals surface area contributed by atoms with Crippen LogP contribution in [0.4, 0.5) is 10.1 Å². The van der Waals surface area contributed by atoms with E-state index in [0.29, 0.717) is 22.0 Å². The molecule has 1 amide bonds. The van der Waals surface area contributed by atoms with Gasteiger partial charge in [0, 0.05) is 25.3 Å². The molecule has 0 aliphatic heterocycles. The molecule has 0 radical (unpaired) electrons. The van der Waals surface area contributed by atoms with Crippen molar-refractivity contribution in [2.24, 2.45) is 14.1 Å². The minimum Gasteiger partial charge on any atom is -0.325 e. The topological polar surface area (TPSA) is 108 Å². The molecule has 0 aliphatic carbocycles. The summed E-state index contributed by atoms with van der Waals surface area (Å²) in [5, 5.41) is 3.10. The predicted molar refractivity (Wildman–Crippen MR) is 132 cm³/mol. The van der Waals surface area contributed by atoms with E-state index in [9.17, 15) is 23.6 Å². The number of Topliss-reactive ketones (excluding diaryl/α,β-unsaturated/α-hetero) is 1. The van der Waals surface area contributed by atoms with Gasteiger partial charge in [-0.3, -0.25) is 23.5 Å². The standard InChI is InChI=1S/C24H22FN5O4S/c1-14(31)16-5-4-6-18(11-16)26-19(32)13-35-23-27-21-20(22(33)29(3)24(34)28(21)2)30(23)12-15-7-9-17(25)10-8-15/h4-11H,12-13H2,1-3H3,(H,26,32). The van der Waals surface area contributed by atoms with Crippen molar-refractivity contribution < 1.29 is 14.0 Å². The first-order valence-electron chi connectivity index (χ1n) is 10.6. The SMILES string of the molecule is CC(=O)c1cccc(NC(=O)CSc2nc3c(c(=O)n(C)c(=O)n3C)n2Cc2ccc(F)cc2)c1. The van der Waals surface area contributed by atoms with Gasteiger partial charge in [0.1, 0.15) is 5.82 Å². The monoisotopic (exact) mass is 495 g/mol. The van der Waals surface area contributed by atoms with E-state index < -0.39 is 11.2 Å². The summed E-state index contributed by atoms with van der Waals surface area (Å²) in [5.74, 6) is -0.872.